The maximum atomic E-state index is 12.5. The molecule has 3 N–H and O–H groups in total. The molecule has 0 atom stereocenters. The van der Waals surface area contributed by atoms with Gasteiger partial charge in [-0.1, -0.05) is 0 Å². The van der Waals surface area contributed by atoms with Crippen LogP contribution in [0, 0.1) is 12.8 Å². The topological polar surface area (TPSA) is 112 Å². The zero-order chi connectivity index (χ0) is 18.3. The average molecular weight is 392 g/mol. The number of hydrogen-bond acceptors (Lipinski definition) is 7. The average Bonchev–Trinajstić information content (AvgIpc) is 3.21. The molecule has 0 aromatic carbocycles. The predicted molar refractivity (Wildman–Crippen MR) is 101 cm³/mol. The van der Waals surface area contributed by atoms with Gasteiger partial charge in [0.1, 0.15) is 5.52 Å². The predicted octanol–water partition coefficient (Wildman–Crippen LogP) is 3.20. The minimum absolute atomic E-state index is 0.00600. The highest BCUT2D eigenvalue weighted by atomic mass is 35.5. The number of aryl methyl sites for hydroxylation is 1. The van der Waals surface area contributed by atoms with E-state index in [2.05, 4.69) is 25.3 Å². The third-order valence-electron chi connectivity index (χ3n) is 4.73. The van der Waals surface area contributed by atoms with Crippen LogP contribution < -0.4 is 11.1 Å². The Balaban J connectivity index is 1.44. The third-order valence-corrected chi connectivity index (χ3v) is 5.73. The van der Waals surface area contributed by atoms with Crippen molar-refractivity contribution in [3.63, 3.8) is 0 Å². The fraction of sp³-hybridized carbons (Fsp3) is 0.438. The molecule has 0 aliphatic heterocycles. The van der Waals surface area contributed by atoms with Gasteiger partial charge in [-0.05, 0) is 44.2 Å². The van der Waals surface area contributed by atoms with E-state index in [0.29, 0.717) is 16.3 Å². The highest BCUT2D eigenvalue weighted by molar-refractivity contribution is 7.15. The van der Waals surface area contributed by atoms with E-state index in [9.17, 15) is 4.79 Å². The molecule has 3 aromatic heterocycles. The number of nitrogens with zero attached hydrogens (tertiary/aromatic N) is 5. The van der Waals surface area contributed by atoms with Gasteiger partial charge in [-0.3, -0.25) is 4.79 Å². The summed E-state index contributed by atoms with van der Waals surface area (Å²) in [6.07, 6.45) is 6.82. The quantitative estimate of drug-likeness (QED) is 0.663. The van der Waals surface area contributed by atoms with E-state index in [4.69, 9.17) is 17.3 Å². The van der Waals surface area contributed by atoms with Crippen LogP contribution in [0.15, 0.2) is 12.5 Å². The molecule has 0 saturated heterocycles. The van der Waals surface area contributed by atoms with Crippen LogP contribution in [0.25, 0.3) is 11.2 Å². The van der Waals surface area contributed by atoms with Gasteiger partial charge in [-0.2, -0.15) is 9.97 Å². The number of carbonyl (C=O) groups excluding carboxylic acids is 1. The van der Waals surface area contributed by atoms with Crippen LogP contribution in [0.5, 0.6) is 0 Å². The standard InChI is InChI=1S/C16H18ClN7OS/c1-8-6-19-16(26-8)23-14(25)9-2-4-10(5-3-9)24-7-20-11-12(18)21-15(17)22-13(11)24/h6-7,9-10H,2-5H2,1H3,(H2,18,21,22)(H,19,23,25). The van der Waals surface area contributed by atoms with Crippen LogP contribution >= 0.6 is 22.9 Å². The van der Waals surface area contributed by atoms with Crippen LogP contribution in [-0.4, -0.2) is 30.4 Å². The Hall–Kier alpha value is -2.26. The van der Waals surface area contributed by atoms with Gasteiger partial charge in [-0.25, -0.2) is 9.97 Å². The molecule has 1 fully saturated rings. The first-order valence-electron chi connectivity index (χ1n) is 8.40. The van der Waals surface area contributed by atoms with Gasteiger partial charge in [0.25, 0.3) is 0 Å². The number of amides is 1. The summed E-state index contributed by atoms with van der Waals surface area (Å²) in [4.78, 5) is 30.2. The number of rotatable bonds is 3. The van der Waals surface area contributed by atoms with E-state index >= 15 is 0 Å². The summed E-state index contributed by atoms with van der Waals surface area (Å²) in [7, 11) is 0. The minimum Gasteiger partial charge on any atom is -0.382 e. The van der Waals surface area contributed by atoms with Crippen molar-refractivity contribution in [2.24, 2.45) is 5.92 Å². The van der Waals surface area contributed by atoms with Crippen molar-refractivity contribution in [2.45, 2.75) is 38.6 Å². The summed E-state index contributed by atoms with van der Waals surface area (Å²) in [5, 5.41) is 3.70. The molecule has 10 heteroatoms. The van der Waals surface area contributed by atoms with E-state index in [1.54, 1.807) is 12.5 Å². The number of nitrogens with one attached hydrogen (secondary N) is 1. The van der Waals surface area contributed by atoms with Gasteiger partial charge in [0.15, 0.2) is 16.6 Å². The lowest BCUT2D eigenvalue weighted by Gasteiger charge is -2.28. The van der Waals surface area contributed by atoms with Gasteiger partial charge in [0, 0.05) is 23.0 Å². The van der Waals surface area contributed by atoms with E-state index in [1.807, 2.05) is 11.5 Å². The lowest BCUT2D eigenvalue weighted by atomic mass is 9.85. The van der Waals surface area contributed by atoms with Crippen molar-refractivity contribution < 1.29 is 4.79 Å². The lowest BCUT2D eigenvalue weighted by molar-refractivity contribution is -0.120. The molecule has 26 heavy (non-hydrogen) atoms. The second-order valence-corrected chi connectivity index (χ2v) is 8.05. The Morgan fingerprint density at radius 1 is 1.31 bits per heavy atom. The number of halogens is 1. The maximum Gasteiger partial charge on any atom is 0.229 e. The second kappa shape index (κ2) is 6.81. The smallest absolute Gasteiger partial charge is 0.229 e. The maximum absolute atomic E-state index is 12.5. The first-order valence-corrected chi connectivity index (χ1v) is 9.59. The number of aromatic nitrogens is 5. The van der Waals surface area contributed by atoms with Gasteiger partial charge >= 0.3 is 0 Å². The summed E-state index contributed by atoms with van der Waals surface area (Å²) in [5.74, 6) is 0.321. The highest BCUT2D eigenvalue weighted by Crippen LogP contribution is 2.35. The summed E-state index contributed by atoms with van der Waals surface area (Å²) in [5.41, 5.74) is 7.08. The van der Waals surface area contributed by atoms with Crippen LogP contribution in [0.3, 0.4) is 0 Å². The molecule has 4 rings (SSSR count). The molecule has 136 valence electrons. The van der Waals surface area contributed by atoms with Gasteiger partial charge in [0.05, 0.1) is 6.33 Å². The zero-order valence-corrected chi connectivity index (χ0v) is 15.7. The van der Waals surface area contributed by atoms with E-state index in [0.717, 1.165) is 30.6 Å². The number of imidazole rings is 1. The van der Waals surface area contributed by atoms with Crippen molar-refractivity contribution in [1.82, 2.24) is 24.5 Å². The number of fused-ring (bicyclic) bond motifs is 1. The summed E-state index contributed by atoms with van der Waals surface area (Å²) < 4.78 is 2.00. The number of carbonyl (C=O) groups is 1. The molecular weight excluding hydrogens is 374 g/mol. The van der Waals surface area contributed by atoms with Crippen molar-refractivity contribution in [3.8, 4) is 0 Å². The second-order valence-electron chi connectivity index (χ2n) is 6.47. The Morgan fingerprint density at radius 2 is 2.08 bits per heavy atom. The molecule has 0 radical (unpaired) electrons. The SMILES string of the molecule is Cc1cnc(NC(=O)C2CCC(n3cnc4c(N)nc(Cl)nc43)CC2)s1. The molecule has 1 aliphatic rings. The highest BCUT2D eigenvalue weighted by Gasteiger charge is 2.29. The molecule has 0 unspecified atom stereocenters. The molecule has 1 aliphatic carbocycles. The van der Waals surface area contributed by atoms with E-state index < -0.39 is 0 Å². The summed E-state index contributed by atoms with van der Waals surface area (Å²) in [6, 6.07) is 0.219. The van der Waals surface area contributed by atoms with Crippen LogP contribution in [-0.2, 0) is 4.79 Å². The summed E-state index contributed by atoms with van der Waals surface area (Å²) in [6.45, 7) is 1.97. The Morgan fingerprint density at radius 3 is 2.77 bits per heavy atom. The minimum atomic E-state index is -0.00600. The molecule has 0 spiro atoms. The van der Waals surface area contributed by atoms with Crippen molar-refractivity contribution in [3.05, 3.63) is 22.7 Å². The van der Waals surface area contributed by atoms with Crippen LogP contribution in [0.2, 0.25) is 5.28 Å². The fourth-order valence-corrected chi connectivity index (χ4v) is 4.25. The molecule has 8 nitrogen and oxygen atoms in total. The van der Waals surface area contributed by atoms with Gasteiger partial charge < -0.3 is 15.6 Å². The Labute approximate surface area is 158 Å². The number of hydrogen-bond donors (Lipinski definition) is 2. The van der Waals surface area contributed by atoms with Crippen LogP contribution in [0.1, 0.15) is 36.6 Å². The molecule has 3 aromatic rings. The number of nitrogens with two attached hydrogens (primary N) is 1. The van der Waals surface area contributed by atoms with Gasteiger partial charge in [0.2, 0.25) is 11.2 Å². The molecular formula is C16H18ClN7OS. The number of nitrogen functional groups attached to an aromatic ring is 1. The largest absolute Gasteiger partial charge is 0.382 e. The van der Waals surface area contributed by atoms with Crippen LogP contribution in [0.4, 0.5) is 10.9 Å². The molecule has 0 bridgehead atoms. The van der Waals surface area contributed by atoms with Crippen molar-refractivity contribution >= 4 is 51.0 Å². The lowest BCUT2D eigenvalue weighted by Crippen LogP contribution is -2.28. The van der Waals surface area contributed by atoms with Crippen molar-refractivity contribution in [1.29, 1.82) is 0 Å². The Kier molecular flexibility index (Phi) is 4.49. The normalized spacial score (nSPS) is 20.4. The monoisotopic (exact) mass is 391 g/mol. The van der Waals surface area contributed by atoms with E-state index in [-0.39, 0.29) is 29.0 Å². The van der Waals surface area contributed by atoms with Gasteiger partial charge in [-0.15, -0.1) is 11.3 Å². The zero-order valence-electron chi connectivity index (χ0n) is 14.1. The molecule has 1 amide bonds. The Bertz CT molecular complexity index is 961. The molecule has 3 heterocycles. The van der Waals surface area contributed by atoms with E-state index in [1.165, 1.54) is 11.3 Å². The first-order chi connectivity index (χ1) is 12.5. The first kappa shape index (κ1) is 17.2. The number of thiazole rings is 1. The summed E-state index contributed by atoms with van der Waals surface area (Å²) >= 11 is 7.42. The fourth-order valence-electron chi connectivity index (χ4n) is 3.41. The third kappa shape index (κ3) is 3.24. The molecule has 1 saturated carbocycles. The number of anilines is 2. The van der Waals surface area contributed by atoms with Crippen molar-refractivity contribution in [2.75, 3.05) is 11.1 Å².